The van der Waals surface area contributed by atoms with Gasteiger partial charge in [0.2, 0.25) is 5.91 Å². The number of hydrogen-bond donors (Lipinski definition) is 2. The van der Waals surface area contributed by atoms with Crippen molar-refractivity contribution in [2.45, 2.75) is 29.8 Å². The van der Waals surface area contributed by atoms with E-state index in [1.807, 2.05) is 15.6 Å². The summed E-state index contributed by atoms with van der Waals surface area (Å²) in [6.45, 7) is 4.37. The van der Waals surface area contributed by atoms with Crippen LogP contribution in [-0.2, 0) is 14.8 Å². The number of nitrogen functional groups attached to an aromatic ring is 1. The van der Waals surface area contributed by atoms with Gasteiger partial charge in [0, 0.05) is 17.8 Å². The average molecular weight is 516 g/mol. The molecule has 2 fully saturated rings. The Labute approximate surface area is 213 Å². The molecule has 2 aliphatic rings. The lowest BCUT2D eigenvalue weighted by molar-refractivity contribution is -0.128. The summed E-state index contributed by atoms with van der Waals surface area (Å²) in [6, 6.07) is 15.1. The zero-order valence-electron chi connectivity index (χ0n) is 19.9. The maximum Gasteiger partial charge on any atom is 0.261 e. The molecule has 2 aromatic carbocycles. The van der Waals surface area contributed by atoms with Crippen molar-refractivity contribution in [3.63, 3.8) is 0 Å². The minimum atomic E-state index is -3.76. The van der Waals surface area contributed by atoms with E-state index in [9.17, 15) is 13.2 Å². The molecule has 0 radical (unpaired) electrons. The fraction of sp³-hybridized carbons (Fsp3) is 0.231. The summed E-state index contributed by atoms with van der Waals surface area (Å²) in [5.74, 6) is 0.599. The van der Waals surface area contributed by atoms with Crippen molar-refractivity contribution in [3.8, 4) is 11.3 Å². The first kappa shape index (κ1) is 23.2. The van der Waals surface area contributed by atoms with Crippen LogP contribution in [0.15, 0.2) is 78.5 Å². The average Bonchev–Trinajstić information content (AvgIpc) is 3.62. The second-order valence-corrected chi connectivity index (χ2v) is 11.1. The number of para-hydroxylation sites is 1. The van der Waals surface area contributed by atoms with E-state index in [4.69, 9.17) is 10.8 Å². The van der Waals surface area contributed by atoms with Crippen molar-refractivity contribution >= 4 is 38.5 Å². The first-order chi connectivity index (χ1) is 17.9. The molecule has 3 atom stereocenters. The number of nitrogens with zero attached hydrogens (tertiary/aromatic N) is 5. The number of hydrogen-bond acceptors (Lipinski definition) is 7. The number of nitrogens with two attached hydrogens (primary N) is 1. The summed E-state index contributed by atoms with van der Waals surface area (Å²) >= 11 is 0. The Bertz CT molecular complexity index is 1620. The zero-order valence-corrected chi connectivity index (χ0v) is 20.7. The monoisotopic (exact) mass is 515 g/mol. The van der Waals surface area contributed by atoms with E-state index in [2.05, 4.69) is 21.3 Å². The van der Waals surface area contributed by atoms with Crippen LogP contribution in [0.3, 0.4) is 0 Å². The van der Waals surface area contributed by atoms with Crippen LogP contribution in [0.4, 0.5) is 11.5 Å². The molecule has 1 saturated carbocycles. The van der Waals surface area contributed by atoms with Gasteiger partial charge in [0.05, 0.1) is 22.4 Å². The van der Waals surface area contributed by atoms with E-state index >= 15 is 0 Å². The minimum Gasteiger partial charge on any atom is -0.383 e. The Morgan fingerprint density at radius 1 is 1.05 bits per heavy atom. The molecule has 6 rings (SSSR count). The van der Waals surface area contributed by atoms with Crippen LogP contribution in [0.1, 0.15) is 18.9 Å². The van der Waals surface area contributed by atoms with E-state index in [0.717, 1.165) is 19.4 Å². The van der Waals surface area contributed by atoms with Crippen molar-refractivity contribution < 1.29 is 13.2 Å². The van der Waals surface area contributed by atoms with Crippen molar-refractivity contribution in [1.82, 2.24) is 24.6 Å². The Morgan fingerprint density at radius 3 is 2.49 bits per heavy atom. The fourth-order valence-electron chi connectivity index (χ4n) is 5.57. The molecule has 188 valence electrons. The molecule has 3 N–H and O–H groups in total. The number of aromatic nitrogens is 4. The summed E-state index contributed by atoms with van der Waals surface area (Å²) in [6.07, 6.45) is 4.55. The van der Waals surface area contributed by atoms with Crippen molar-refractivity contribution in [2.24, 2.45) is 5.92 Å². The predicted octanol–water partition coefficient (Wildman–Crippen LogP) is 3.22. The van der Waals surface area contributed by atoms with Gasteiger partial charge in [-0.25, -0.2) is 23.1 Å². The Kier molecular flexibility index (Phi) is 5.45. The molecular weight excluding hydrogens is 490 g/mol. The zero-order chi connectivity index (χ0) is 25.7. The summed E-state index contributed by atoms with van der Waals surface area (Å²) in [5.41, 5.74) is 8.60. The molecule has 4 aromatic rings. The standard InChI is InChI=1S/C26H25N7O3S/c1-2-22(34)32-14-16-12-20(32)21(13-16)33-26-23(25(27)28-15-29-26)24(30-33)17-8-10-19(11-9-17)37(35,36)31-18-6-4-3-5-7-18/h2-11,15-16,20-21,31H,1,12-14H2,(H2,27,28,29). The summed E-state index contributed by atoms with van der Waals surface area (Å²) in [4.78, 5) is 23.1. The number of nitrogens with one attached hydrogen (secondary N) is 1. The quantitative estimate of drug-likeness (QED) is 0.376. The molecule has 3 heterocycles. The summed E-state index contributed by atoms with van der Waals surface area (Å²) < 4.78 is 30.2. The predicted molar refractivity (Wildman–Crippen MR) is 140 cm³/mol. The number of benzene rings is 2. The Morgan fingerprint density at radius 2 is 1.78 bits per heavy atom. The number of fused-ring (bicyclic) bond motifs is 3. The number of carbonyl (C=O) groups excluding carboxylic acids is 1. The van der Waals surface area contributed by atoms with Gasteiger partial charge in [-0.15, -0.1) is 0 Å². The molecule has 0 spiro atoms. The van der Waals surface area contributed by atoms with Crippen LogP contribution in [0, 0.1) is 5.92 Å². The van der Waals surface area contributed by atoms with Crippen LogP contribution in [0.2, 0.25) is 0 Å². The number of anilines is 2. The molecule has 1 aliphatic carbocycles. The molecule has 3 unspecified atom stereocenters. The van der Waals surface area contributed by atoms with Gasteiger partial charge in [-0.3, -0.25) is 9.52 Å². The third kappa shape index (κ3) is 3.91. The van der Waals surface area contributed by atoms with Gasteiger partial charge in [-0.05, 0) is 49.1 Å². The van der Waals surface area contributed by atoms with Crippen molar-refractivity contribution in [2.75, 3.05) is 17.0 Å². The number of carbonyl (C=O) groups is 1. The topological polar surface area (TPSA) is 136 Å². The summed E-state index contributed by atoms with van der Waals surface area (Å²) in [7, 11) is -3.76. The van der Waals surface area contributed by atoms with Gasteiger partial charge in [0.15, 0.2) is 5.65 Å². The van der Waals surface area contributed by atoms with Gasteiger partial charge in [0.1, 0.15) is 17.8 Å². The Hall–Kier alpha value is -4.25. The highest BCUT2D eigenvalue weighted by atomic mass is 32.2. The third-order valence-corrected chi connectivity index (χ3v) is 8.60. The highest BCUT2D eigenvalue weighted by Crippen LogP contribution is 2.46. The number of rotatable bonds is 6. The van der Waals surface area contributed by atoms with Crippen LogP contribution in [0.25, 0.3) is 22.3 Å². The normalized spacial score (nSPS) is 20.9. The molecule has 1 saturated heterocycles. The molecule has 11 heteroatoms. The molecule has 1 aliphatic heterocycles. The van der Waals surface area contributed by atoms with Gasteiger partial charge in [-0.1, -0.05) is 36.9 Å². The lowest BCUT2D eigenvalue weighted by Gasteiger charge is -2.32. The highest BCUT2D eigenvalue weighted by molar-refractivity contribution is 7.92. The molecule has 2 aromatic heterocycles. The number of sulfonamides is 1. The van der Waals surface area contributed by atoms with Crippen LogP contribution < -0.4 is 10.5 Å². The Balaban J connectivity index is 1.37. The highest BCUT2D eigenvalue weighted by Gasteiger charge is 2.48. The lowest BCUT2D eigenvalue weighted by atomic mass is 10.1. The van der Waals surface area contributed by atoms with Gasteiger partial charge < -0.3 is 10.6 Å². The first-order valence-corrected chi connectivity index (χ1v) is 13.4. The van der Waals surface area contributed by atoms with Crippen LogP contribution >= 0.6 is 0 Å². The van der Waals surface area contributed by atoms with Crippen molar-refractivity contribution in [3.05, 3.63) is 73.6 Å². The smallest absolute Gasteiger partial charge is 0.261 e. The number of amides is 1. The van der Waals surface area contributed by atoms with E-state index in [1.54, 1.807) is 36.4 Å². The third-order valence-electron chi connectivity index (χ3n) is 7.20. The van der Waals surface area contributed by atoms with E-state index in [1.165, 1.54) is 24.5 Å². The minimum absolute atomic E-state index is 0.000723. The molecule has 2 bridgehead atoms. The molecule has 10 nitrogen and oxygen atoms in total. The largest absolute Gasteiger partial charge is 0.383 e. The van der Waals surface area contributed by atoms with Crippen molar-refractivity contribution in [1.29, 1.82) is 0 Å². The van der Waals surface area contributed by atoms with Gasteiger partial charge in [0.25, 0.3) is 10.0 Å². The fourth-order valence-corrected chi connectivity index (χ4v) is 6.62. The SMILES string of the molecule is C=CC(=O)N1CC2CC1C(n1nc(-c3ccc(S(=O)(=O)Nc4ccccc4)cc3)c3c(N)ncnc31)C2. The van der Waals surface area contributed by atoms with Crippen LogP contribution in [0.5, 0.6) is 0 Å². The number of likely N-dealkylation sites (tertiary alicyclic amines) is 1. The van der Waals surface area contributed by atoms with Gasteiger partial charge in [-0.2, -0.15) is 5.10 Å². The molecule has 37 heavy (non-hydrogen) atoms. The van der Waals surface area contributed by atoms with E-state index in [0.29, 0.717) is 33.9 Å². The van der Waals surface area contributed by atoms with E-state index in [-0.39, 0.29) is 28.7 Å². The molecular formula is C26H25N7O3S. The summed E-state index contributed by atoms with van der Waals surface area (Å²) in [5, 5.41) is 5.51. The first-order valence-electron chi connectivity index (χ1n) is 12.0. The van der Waals surface area contributed by atoms with Gasteiger partial charge >= 0.3 is 0 Å². The van der Waals surface area contributed by atoms with Crippen LogP contribution in [-0.4, -0.2) is 51.6 Å². The second-order valence-electron chi connectivity index (χ2n) is 9.41. The van der Waals surface area contributed by atoms with E-state index < -0.39 is 10.0 Å². The lowest BCUT2D eigenvalue weighted by Crippen LogP contribution is -2.42. The maximum atomic E-state index is 12.9. The molecule has 1 amide bonds. The second kappa shape index (κ2) is 8.70. The maximum absolute atomic E-state index is 12.9. The number of piperidine rings is 1.